The standard InChI is InChI=1S/C13H15N3OS/c1-2-9-17-11-6-3-10(4-7-11)5-8-12-14-13(18)16-15-12/h3-8H,2,9H2,1H3,(H2,14,15,16,18)/b8-5-. The Morgan fingerprint density at radius 1 is 1.22 bits per heavy atom. The summed E-state index contributed by atoms with van der Waals surface area (Å²) in [6.07, 6.45) is 4.85. The molecular weight excluding hydrogens is 246 g/mol. The number of rotatable bonds is 5. The summed E-state index contributed by atoms with van der Waals surface area (Å²) in [5, 5.41) is 5.61. The zero-order chi connectivity index (χ0) is 12.8. The van der Waals surface area contributed by atoms with Crippen molar-refractivity contribution in [2.45, 2.75) is 13.3 Å². The van der Waals surface area contributed by atoms with Crippen LogP contribution in [0.4, 0.5) is 0 Å². The van der Waals surface area contributed by atoms with Gasteiger partial charge in [-0.25, -0.2) is 4.98 Å². The summed E-state index contributed by atoms with van der Waals surface area (Å²) in [5.74, 6) is 1.61. The quantitative estimate of drug-likeness (QED) is 0.811. The van der Waals surface area contributed by atoms with Crippen LogP contribution in [0.5, 0.6) is 5.75 Å². The second-order valence-electron chi connectivity index (χ2n) is 3.80. The molecule has 0 saturated heterocycles. The van der Waals surface area contributed by atoms with E-state index in [4.69, 9.17) is 17.0 Å². The van der Waals surface area contributed by atoms with E-state index in [1.807, 2.05) is 36.4 Å². The summed E-state index contributed by atoms with van der Waals surface area (Å²) >= 11 is 4.87. The third kappa shape index (κ3) is 3.56. The Labute approximate surface area is 111 Å². The molecule has 0 bridgehead atoms. The number of nitrogens with zero attached hydrogens (tertiary/aromatic N) is 1. The molecule has 0 aliphatic rings. The summed E-state index contributed by atoms with van der Waals surface area (Å²) in [5.41, 5.74) is 1.08. The maximum Gasteiger partial charge on any atom is 0.213 e. The molecule has 0 atom stereocenters. The molecule has 0 aliphatic carbocycles. The van der Waals surface area contributed by atoms with Crippen LogP contribution in [0.25, 0.3) is 12.2 Å². The van der Waals surface area contributed by atoms with Crippen LogP contribution in [0.15, 0.2) is 24.3 Å². The van der Waals surface area contributed by atoms with Crippen LogP contribution in [0.3, 0.4) is 0 Å². The van der Waals surface area contributed by atoms with Gasteiger partial charge in [0.25, 0.3) is 0 Å². The van der Waals surface area contributed by atoms with E-state index in [0.29, 0.717) is 10.6 Å². The summed E-state index contributed by atoms with van der Waals surface area (Å²) in [6.45, 7) is 2.84. The monoisotopic (exact) mass is 261 g/mol. The first kappa shape index (κ1) is 12.6. The Morgan fingerprint density at radius 2 is 2.00 bits per heavy atom. The number of ether oxygens (including phenoxy) is 1. The maximum absolute atomic E-state index is 5.51. The van der Waals surface area contributed by atoms with E-state index in [0.717, 1.165) is 24.3 Å². The topological polar surface area (TPSA) is 53.7 Å². The number of aromatic nitrogens is 3. The highest BCUT2D eigenvalue weighted by molar-refractivity contribution is 7.71. The average Bonchev–Trinajstić information content (AvgIpc) is 2.81. The van der Waals surface area contributed by atoms with Gasteiger partial charge in [-0.3, -0.25) is 10.2 Å². The van der Waals surface area contributed by atoms with Gasteiger partial charge < -0.3 is 4.74 Å². The highest BCUT2D eigenvalue weighted by atomic mass is 32.1. The Balaban J connectivity index is 2.01. The Morgan fingerprint density at radius 3 is 2.61 bits per heavy atom. The largest absolute Gasteiger partial charge is 0.494 e. The minimum Gasteiger partial charge on any atom is -0.494 e. The fourth-order valence-corrected chi connectivity index (χ4v) is 1.58. The summed E-state index contributed by atoms with van der Waals surface area (Å²) in [6, 6.07) is 7.93. The van der Waals surface area contributed by atoms with E-state index in [2.05, 4.69) is 22.1 Å². The molecule has 5 heteroatoms. The van der Waals surface area contributed by atoms with Gasteiger partial charge in [0.1, 0.15) is 11.6 Å². The van der Waals surface area contributed by atoms with Crippen LogP contribution in [0.1, 0.15) is 24.7 Å². The molecule has 0 saturated carbocycles. The Bertz CT molecular complexity index is 568. The highest BCUT2D eigenvalue weighted by Gasteiger charge is 1.93. The molecule has 0 unspecified atom stereocenters. The molecule has 2 N–H and O–H groups in total. The predicted octanol–water partition coefficient (Wildman–Crippen LogP) is 3.43. The summed E-state index contributed by atoms with van der Waals surface area (Å²) in [7, 11) is 0. The number of benzene rings is 1. The van der Waals surface area contributed by atoms with Gasteiger partial charge >= 0.3 is 0 Å². The lowest BCUT2D eigenvalue weighted by molar-refractivity contribution is 0.317. The lowest BCUT2D eigenvalue weighted by Gasteiger charge is -2.03. The van der Waals surface area contributed by atoms with Crippen molar-refractivity contribution in [1.82, 2.24) is 15.2 Å². The molecule has 18 heavy (non-hydrogen) atoms. The van der Waals surface area contributed by atoms with Gasteiger partial charge in [0.05, 0.1) is 6.61 Å². The van der Waals surface area contributed by atoms with Crippen molar-refractivity contribution in [2.24, 2.45) is 0 Å². The molecule has 2 rings (SSSR count). The van der Waals surface area contributed by atoms with Crippen molar-refractivity contribution in [3.05, 3.63) is 40.4 Å². The van der Waals surface area contributed by atoms with E-state index in [1.165, 1.54) is 0 Å². The lowest BCUT2D eigenvalue weighted by Crippen LogP contribution is -1.94. The maximum atomic E-state index is 5.51. The minimum absolute atomic E-state index is 0.456. The van der Waals surface area contributed by atoms with Gasteiger partial charge in [-0.2, -0.15) is 0 Å². The SMILES string of the molecule is CCCOc1ccc(/C=C\c2nc(=S)[nH][nH]2)cc1. The molecular formula is C13H15N3OS. The van der Waals surface area contributed by atoms with Crippen molar-refractivity contribution in [3.8, 4) is 5.75 Å². The van der Waals surface area contributed by atoms with Crippen molar-refractivity contribution >= 4 is 24.4 Å². The fourth-order valence-electron chi connectivity index (χ4n) is 1.43. The molecule has 0 amide bonds. The fraction of sp³-hybridized carbons (Fsp3) is 0.231. The predicted molar refractivity (Wildman–Crippen MR) is 74.9 cm³/mol. The normalized spacial score (nSPS) is 10.9. The minimum atomic E-state index is 0.456. The van der Waals surface area contributed by atoms with E-state index in [-0.39, 0.29) is 0 Å². The highest BCUT2D eigenvalue weighted by Crippen LogP contribution is 2.14. The first-order valence-electron chi connectivity index (χ1n) is 5.83. The summed E-state index contributed by atoms with van der Waals surface area (Å²) in [4.78, 5) is 4.08. The van der Waals surface area contributed by atoms with E-state index < -0.39 is 0 Å². The molecule has 0 fully saturated rings. The van der Waals surface area contributed by atoms with Crippen LogP contribution in [-0.2, 0) is 0 Å². The van der Waals surface area contributed by atoms with E-state index in [1.54, 1.807) is 0 Å². The van der Waals surface area contributed by atoms with Crippen molar-refractivity contribution in [2.75, 3.05) is 6.61 Å². The second kappa shape index (κ2) is 6.16. The van der Waals surface area contributed by atoms with Crippen molar-refractivity contribution in [1.29, 1.82) is 0 Å². The number of H-pyrrole nitrogens is 2. The number of aromatic amines is 2. The molecule has 0 radical (unpaired) electrons. The summed E-state index contributed by atoms with van der Waals surface area (Å²) < 4.78 is 5.97. The van der Waals surface area contributed by atoms with E-state index in [9.17, 15) is 0 Å². The number of nitrogens with one attached hydrogen (secondary N) is 2. The Hall–Kier alpha value is -1.88. The molecule has 0 spiro atoms. The number of hydrogen-bond acceptors (Lipinski definition) is 3. The van der Waals surface area contributed by atoms with Crippen molar-refractivity contribution < 1.29 is 4.74 Å². The molecule has 1 heterocycles. The molecule has 4 nitrogen and oxygen atoms in total. The van der Waals surface area contributed by atoms with Gasteiger partial charge in [0.2, 0.25) is 4.77 Å². The molecule has 2 aromatic rings. The van der Waals surface area contributed by atoms with Gasteiger partial charge in [-0.05, 0) is 42.4 Å². The van der Waals surface area contributed by atoms with Crippen LogP contribution >= 0.6 is 12.2 Å². The number of hydrogen-bond donors (Lipinski definition) is 2. The average molecular weight is 261 g/mol. The smallest absolute Gasteiger partial charge is 0.213 e. The molecule has 1 aromatic heterocycles. The third-order valence-electron chi connectivity index (χ3n) is 2.31. The van der Waals surface area contributed by atoms with Crippen LogP contribution in [-0.4, -0.2) is 21.8 Å². The zero-order valence-corrected chi connectivity index (χ0v) is 11.0. The molecule has 0 aliphatic heterocycles. The third-order valence-corrected chi connectivity index (χ3v) is 2.50. The zero-order valence-electron chi connectivity index (χ0n) is 10.1. The van der Waals surface area contributed by atoms with Crippen LogP contribution < -0.4 is 4.74 Å². The molecule has 1 aromatic carbocycles. The van der Waals surface area contributed by atoms with Gasteiger partial charge in [0.15, 0.2) is 0 Å². The van der Waals surface area contributed by atoms with Crippen LogP contribution in [0, 0.1) is 4.77 Å². The van der Waals surface area contributed by atoms with Gasteiger partial charge in [-0.1, -0.05) is 25.1 Å². The second-order valence-corrected chi connectivity index (χ2v) is 4.19. The van der Waals surface area contributed by atoms with Crippen LogP contribution in [0.2, 0.25) is 0 Å². The lowest BCUT2D eigenvalue weighted by atomic mass is 10.2. The van der Waals surface area contributed by atoms with Crippen molar-refractivity contribution in [3.63, 3.8) is 0 Å². The van der Waals surface area contributed by atoms with E-state index >= 15 is 0 Å². The Kier molecular flexibility index (Phi) is 4.30. The van der Waals surface area contributed by atoms with Gasteiger partial charge in [-0.15, -0.1) is 0 Å². The van der Waals surface area contributed by atoms with Gasteiger partial charge in [0, 0.05) is 0 Å². The first-order valence-corrected chi connectivity index (χ1v) is 6.24. The first-order chi connectivity index (χ1) is 8.78. The molecule has 94 valence electrons.